The number of sulfonamides is 1. The molecule has 6 nitrogen and oxygen atoms in total. The average molecular weight is 395 g/mol. The van der Waals surface area contributed by atoms with Crippen molar-refractivity contribution in [2.45, 2.75) is 63.3 Å². The predicted molar refractivity (Wildman–Crippen MR) is 104 cm³/mol. The Bertz CT molecular complexity index is 772. The van der Waals surface area contributed by atoms with Gasteiger partial charge in [0.15, 0.2) is 0 Å². The Kier molecular flexibility index (Phi) is 6.42. The van der Waals surface area contributed by atoms with Gasteiger partial charge in [-0.1, -0.05) is 12.8 Å². The van der Waals surface area contributed by atoms with E-state index in [1.807, 2.05) is 13.8 Å². The molecule has 0 bridgehead atoms. The summed E-state index contributed by atoms with van der Waals surface area (Å²) in [6, 6.07) is 5.22. The van der Waals surface area contributed by atoms with E-state index in [0.717, 1.165) is 37.7 Å². The van der Waals surface area contributed by atoms with Gasteiger partial charge in [0, 0.05) is 19.1 Å². The molecule has 150 valence electrons. The first-order chi connectivity index (χ1) is 12.9. The molecule has 1 atom stereocenters. The number of benzene rings is 1. The number of aryl methyl sites for hydroxylation is 1. The summed E-state index contributed by atoms with van der Waals surface area (Å²) in [7, 11) is -3.61. The zero-order valence-electron chi connectivity index (χ0n) is 16.2. The van der Waals surface area contributed by atoms with E-state index in [0.29, 0.717) is 25.3 Å². The van der Waals surface area contributed by atoms with Gasteiger partial charge in [-0.25, -0.2) is 8.42 Å². The number of ether oxygens (including phenoxy) is 1. The molecule has 1 saturated carbocycles. The third-order valence-electron chi connectivity index (χ3n) is 5.54. The van der Waals surface area contributed by atoms with Crippen molar-refractivity contribution in [2.75, 3.05) is 19.7 Å². The fourth-order valence-corrected chi connectivity index (χ4v) is 5.62. The molecular weight excluding hydrogens is 364 g/mol. The van der Waals surface area contributed by atoms with Gasteiger partial charge in [-0.05, 0) is 63.3 Å². The maximum absolute atomic E-state index is 13.1. The second kappa shape index (κ2) is 8.61. The van der Waals surface area contributed by atoms with Crippen LogP contribution in [0.25, 0.3) is 0 Å². The normalized spacial score (nSPS) is 21.9. The lowest BCUT2D eigenvalue weighted by molar-refractivity contribution is -0.126. The van der Waals surface area contributed by atoms with Crippen LogP contribution in [-0.2, 0) is 14.8 Å². The van der Waals surface area contributed by atoms with E-state index in [1.165, 1.54) is 4.31 Å². The largest absolute Gasteiger partial charge is 0.494 e. The van der Waals surface area contributed by atoms with Gasteiger partial charge >= 0.3 is 0 Å². The molecule has 1 aromatic rings. The highest BCUT2D eigenvalue weighted by Gasteiger charge is 2.34. The molecule has 0 spiro atoms. The highest BCUT2D eigenvalue weighted by atomic mass is 32.2. The summed E-state index contributed by atoms with van der Waals surface area (Å²) in [6.45, 7) is 5.00. The van der Waals surface area contributed by atoms with Crippen LogP contribution < -0.4 is 10.1 Å². The maximum atomic E-state index is 13.1. The number of rotatable bonds is 6. The van der Waals surface area contributed by atoms with E-state index in [9.17, 15) is 13.2 Å². The van der Waals surface area contributed by atoms with Gasteiger partial charge in [0.1, 0.15) is 5.75 Å². The summed E-state index contributed by atoms with van der Waals surface area (Å²) in [5.41, 5.74) is 0.797. The van der Waals surface area contributed by atoms with Gasteiger partial charge in [0.25, 0.3) is 0 Å². The van der Waals surface area contributed by atoms with Crippen LogP contribution >= 0.6 is 0 Å². The summed E-state index contributed by atoms with van der Waals surface area (Å²) in [4.78, 5) is 12.8. The number of nitrogens with one attached hydrogen (secondary N) is 1. The summed E-state index contributed by atoms with van der Waals surface area (Å²) < 4.78 is 33.1. The molecule has 1 amide bonds. The van der Waals surface area contributed by atoms with Crippen molar-refractivity contribution in [1.82, 2.24) is 9.62 Å². The lowest BCUT2D eigenvalue weighted by Crippen LogP contribution is -2.47. The average Bonchev–Trinajstić information content (AvgIpc) is 3.16. The minimum atomic E-state index is -3.61. The SMILES string of the molecule is CCOc1ccc(S(=O)(=O)N2CCC[C@@H](C(=O)NC3CCCC3)C2)cc1C. The molecule has 1 N–H and O–H groups in total. The highest BCUT2D eigenvalue weighted by molar-refractivity contribution is 7.89. The standard InChI is InChI=1S/C20H30N2O4S/c1-3-26-19-11-10-18(13-15(19)2)27(24,25)22-12-6-7-16(14-22)20(23)21-17-8-4-5-9-17/h10-11,13,16-17H,3-9,12,14H2,1-2H3,(H,21,23)/t16-/m1/s1. The van der Waals surface area contributed by atoms with E-state index >= 15 is 0 Å². The number of amides is 1. The molecule has 1 heterocycles. The lowest BCUT2D eigenvalue weighted by atomic mass is 9.98. The number of nitrogens with zero attached hydrogens (tertiary/aromatic N) is 1. The van der Waals surface area contributed by atoms with E-state index in [2.05, 4.69) is 5.32 Å². The van der Waals surface area contributed by atoms with Crippen LogP contribution in [0.4, 0.5) is 0 Å². The van der Waals surface area contributed by atoms with Crippen molar-refractivity contribution in [3.63, 3.8) is 0 Å². The Morgan fingerprint density at radius 2 is 1.96 bits per heavy atom. The number of carbonyl (C=O) groups excluding carboxylic acids is 1. The van der Waals surface area contributed by atoms with Crippen LogP contribution in [0.3, 0.4) is 0 Å². The molecule has 1 aliphatic carbocycles. The maximum Gasteiger partial charge on any atom is 0.243 e. The van der Waals surface area contributed by atoms with Crippen molar-refractivity contribution in [2.24, 2.45) is 5.92 Å². The fourth-order valence-electron chi connectivity index (χ4n) is 4.01. The number of hydrogen-bond acceptors (Lipinski definition) is 4. The molecule has 1 aromatic carbocycles. The van der Waals surface area contributed by atoms with Gasteiger partial charge in [-0.2, -0.15) is 4.31 Å². The molecule has 3 rings (SSSR count). The summed E-state index contributed by atoms with van der Waals surface area (Å²) in [5, 5.41) is 3.11. The zero-order chi connectivity index (χ0) is 19.4. The Labute approximate surface area is 162 Å². The van der Waals surface area contributed by atoms with Crippen LogP contribution in [0, 0.1) is 12.8 Å². The molecule has 0 radical (unpaired) electrons. The molecule has 2 fully saturated rings. The Morgan fingerprint density at radius 1 is 1.22 bits per heavy atom. The van der Waals surface area contributed by atoms with Gasteiger partial charge < -0.3 is 10.1 Å². The first-order valence-electron chi connectivity index (χ1n) is 9.95. The zero-order valence-corrected chi connectivity index (χ0v) is 17.1. The van der Waals surface area contributed by atoms with Crippen molar-refractivity contribution in [3.05, 3.63) is 23.8 Å². The van der Waals surface area contributed by atoms with Crippen molar-refractivity contribution < 1.29 is 17.9 Å². The minimum absolute atomic E-state index is 0.00433. The van der Waals surface area contributed by atoms with E-state index in [1.54, 1.807) is 18.2 Å². The second-order valence-corrected chi connectivity index (χ2v) is 9.49. The fraction of sp³-hybridized carbons (Fsp3) is 0.650. The molecule has 1 aliphatic heterocycles. The topological polar surface area (TPSA) is 75.7 Å². The predicted octanol–water partition coefficient (Wildman–Crippen LogP) is 2.85. The van der Waals surface area contributed by atoms with Crippen molar-refractivity contribution in [3.8, 4) is 5.75 Å². The molecular formula is C20H30N2O4S. The molecule has 7 heteroatoms. The molecule has 0 unspecified atom stereocenters. The van der Waals surface area contributed by atoms with Gasteiger partial charge in [-0.15, -0.1) is 0 Å². The van der Waals surface area contributed by atoms with Gasteiger partial charge in [0.2, 0.25) is 15.9 Å². The lowest BCUT2D eigenvalue weighted by Gasteiger charge is -2.32. The van der Waals surface area contributed by atoms with Crippen molar-refractivity contribution >= 4 is 15.9 Å². The molecule has 2 aliphatic rings. The van der Waals surface area contributed by atoms with E-state index in [-0.39, 0.29) is 29.3 Å². The van der Waals surface area contributed by atoms with Crippen LogP contribution in [0.5, 0.6) is 5.75 Å². The van der Waals surface area contributed by atoms with Crippen LogP contribution in [0.1, 0.15) is 51.0 Å². The summed E-state index contributed by atoms with van der Waals surface area (Å²) in [5.74, 6) is 0.437. The summed E-state index contributed by atoms with van der Waals surface area (Å²) >= 11 is 0. The second-order valence-electron chi connectivity index (χ2n) is 7.55. The minimum Gasteiger partial charge on any atom is -0.494 e. The van der Waals surface area contributed by atoms with Crippen LogP contribution in [0.2, 0.25) is 0 Å². The van der Waals surface area contributed by atoms with Crippen LogP contribution in [0.15, 0.2) is 23.1 Å². The Balaban J connectivity index is 1.70. The van der Waals surface area contributed by atoms with E-state index in [4.69, 9.17) is 4.74 Å². The van der Waals surface area contributed by atoms with Gasteiger partial charge in [0.05, 0.1) is 17.4 Å². The summed E-state index contributed by atoms with van der Waals surface area (Å²) in [6.07, 6.45) is 5.84. The molecule has 27 heavy (non-hydrogen) atoms. The van der Waals surface area contributed by atoms with Crippen molar-refractivity contribution in [1.29, 1.82) is 0 Å². The van der Waals surface area contributed by atoms with Crippen LogP contribution in [-0.4, -0.2) is 44.4 Å². The number of hydrogen-bond donors (Lipinski definition) is 1. The van der Waals surface area contributed by atoms with Gasteiger partial charge in [-0.3, -0.25) is 4.79 Å². The number of carbonyl (C=O) groups is 1. The molecule has 1 saturated heterocycles. The highest BCUT2D eigenvalue weighted by Crippen LogP contribution is 2.28. The Morgan fingerprint density at radius 3 is 2.63 bits per heavy atom. The first-order valence-corrected chi connectivity index (χ1v) is 11.4. The third-order valence-corrected chi connectivity index (χ3v) is 7.40. The van der Waals surface area contributed by atoms with E-state index < -0.39 is 10.0 Å². The smallest absolute Gasteiger partial charge is 0.243 e. The molecule has 0 aromatic heterocycles. The first kappa shape index (κ1) is 20.1. The quantitative estimate of drug-likeness (QED) is 0.805. The third kappa shape index (κ3) is 4.63. The Hall–Kier alpha value is -1.60. The monoisotopic (exact) mass is 394 g/mol. The number of piperidine rings is 1.